The van der Waals surface area contributed by atoms with E-state index < -0.39 is 11.5 Å². The summed E-state index contributed by atoms with van der Waals surface area (Å²) in [7, 11) is 0. The standard InChI is InChI=1S/C14H17N3O4/c1-7-9(14(20)21)11-15-12(18)10(13(19)17(11)16-7)8-5-3-2-4-6-8/h8,19H,2-6H2,1H3,(H,15,18)(H,20,21). The number of H-pyrrole nitrogens is 1. The number of carbonyl (C=O) groups is 1. The van der Waals surface area contributed by atoms with Gasteiger partial charge >= 0.3 is 5.97 Å². The van der Waals surface area contributed by atoms with Crippen molar-refractivity contribution in [2.24, 2.45) is 0 Å². The molecule has 3 N–H and O–H groups in total. The number of hydrogen-bond donors (Lipinski definition) is 3. The minimum absolute atomic E-state index is 0.00434. The van der Waals surface area contributed by atoms with E-state index in [-0.39, 0.29) is 28.7 Å². The summed E-state index contributed by atoms with van der Waals surface area (Å²) in [6, 6.07) is 0. The zero-order valence-corrected chi connectivity index (χ0v) is 11.7. The van der Waals surface area contributed by atoms with Crippen LogP contribution in [0.5, 0.6) is 5.88 Å². The lowest BCUT2D eigenvalue weighted by Crippen LogP contribution is -2.21. The number of carboxylic acids is 1. The summed E-state index contributed by atoms with van der Waals surface area (Å²) in [5, 5.41) is 23.6. The lowest BCUT2D eigenvalue weighted by Gasteiger charge is -2.21. The molecule has 0 amide bonds. The number of aromatic hydroxyl groups is 1. The Bertz CT molecular complexity index is 769. The van der Waals surface area contributed by atoms with Crippen LogP contribution in [0.3, 0.4) is 0 Å². The Hall–Kier alpha value is -2.31. The lowest BCUT2D eigenvalue weighted by molar-refractivity contribution is 0.0698. The van der Waals surface area contributed by atoms with Crippen molar-refractivity contribution in [2.75, 3.05) is 0 Å². The molecule has 0 atom stereocenters. The minimum Gasteiger partial charge on any atom is -0.493 e. The van der Waals surface area contributed by atoms with Gasteiger partial charge in [0, 0.05) is 0 Å². The molecule has 0 saturated heterocycles. The number of nitrogens with zero attached hydrogens (tertiary/aromatic N) is 2. The summed E-state index contributed by atoms with van der Waals surface area (Å²) in [4.78, 5) is 26.1. The summed E-state index contributed by atoms with van der Waals surface area (Å²) in [5.41, 5.74) is 0.102. The fraction of sp³-hybridized carbons (Fsp3) is 0.500. The average molecular weight is 291 g/mol. The monoisotopic (exact) mass is 291 g/mol. The predicted octanol–water partition coefficient (Wildman–Crippen LogP) is 1.78. The van der Waals surface area contributed by atoms with Gasteiger partial charge < -0.3 is 15.2 Å². The van der Waals surface area contributed by atoms with Crippen molar-refractivity contribution in [1.82, 2.24) is 14.6 Å². The fourth-order valence-corrected chi connectivity index (χ4v) is 3.20. The number of aryl methyl sites for hydroxylation is 1. The van der Waals surface area contributed by atoms with Crippen LogP contribution in [0, 0.1) is 6.92 Å². The Morgan fingerprint density at radius 1 is 1.33 bits per heavy atom. The highest BCUT2D eigenvalue weighted by Crippen LogP contribution is 2.35. The first-order valence-corrected chi connectivity index (χ1v) is 7.08. The summed E-state index contributed by atoms with van der Waals surface area (Å²) < 4.78 is 1.13. The quantitative estimate of drug-likeness (QED) is 0.781. The molecule has 3 rings (SSSR count). The average Bonchev–Trinajstić information content (AvgIpc) is 2.76. The van der Waals surface area contributed by atoms with Gasteiger partial charge in [0.25, 0.3) is 5.56 Å². The summed E-state index contributed by atoms with van der Waals surface area (Å²) in [5.74, 6) is -1.41. The van der Waals surface area contributed by atoms with Crippen LogP contribution in [0.1, 0.15) is 59.6 Å². The molecule has 0 bridgehead atoms. The van der Waals surface area contributed by atoms with E-state index in [4.69, 9.17) is 0 Å². The van der Waals surface area contributed by atoms with E-state index in [0.29, 0.717) is 5.56 Å². The number of rotatable bonds is 2. The Labute approximate surface area is 120 Å². The number of nitrogens with one attached hydrogen (secondary N) is 1. The third-order valence-corrected chi connectivity index (χ3v) is 4.21. The summed E-state index contributed by atoms with van der Waals surface area (Å²) in [6.07, 6.45) is 4.91. The zero-order chi connectivity index (χ0) is 15.1. The molecular formula is C14H17N3O4. The molecule has 0 unspecified atom stereocenters. The number of aromatic nitrogens is 3. The molecule has 1 saturated carbocycles. The van der Waals surface area contributed by atoms with Crippen molar-refractivity contribution in [3.8, 4) is 5.88 Å². The number of fused-ring (bicyclic) bond motifs is 1. The van der Waals surface area contributed by atoms with Crippen LogP contribution < -0.4 is 5.56 Å². The van der Waals surface area contributed by atoms with Gasteiger partial charge in [-0.15, -0.1) is 0 Å². The molecule has 7 heteroatoms. The second kappa shape index (κ2) is 4.91. The molecule has 1 fully saturated rings. The zero-order valence-electron chi connectivity index (χ0n) is 11.7. The molecule has 1 aliphatic carbocycles. The molecule has 0 aliphatic heterocycles. The third kappa shape index (κ3) is 2.09. The van der Waals surface area contributed by atoms with E-state index in [9.17, 15) is 19.8 Å². The molecule has 0 radical (unpaired) electrons. The van der Waals surface area contributed by atoms with Crippen LogP contribution in [0.4, 0.5) is 0 Å². The van der Waals surface area contributed by atoms with Crippen molar-refractivity contribution < 1.29 is 15.0 Å². The van der Waals surface area contributed by atoms with Crippen molar-refractivity contribution in [3.63, 3.8) is 0 Å². The first-order chi connectivity index (χ1) is 10.0. The van der Waals surface area contributed by atoms with Crippen molar-refractivity contribution in [1.29, 1.82) is 0 Å². The fourth-order valence-electron chi connectivity index (χ4n) is 3.20. The van der Waals surface area contributed by atoms with E-state index in [1.807, 2.05) is 0 Å². The van der Waals surface area contributed by atoms with Crippen molar-refractivity contribution in [3.05, 3.63) is 27.2 Å². The van der Waals surface area contributed by atoms with E-state index >= 15 is 0 Å². The molecule has 7 nitrogen and oxygen atoms in total. The molecule has 1 aliphatic rings. The maximum Gasteiger partial charge on any atom is 0.341 e. The van der Waals surface area contributed by atoms with Gasteiger partial charge in [0.1, 0.15) is 5.56 Å². The molecular weight excluding hydrogens is 274 g/mol. The minimum atomic E-state index is -1.18. The summed E-state index contributed by atoms with van der Waals surface area (Å²) >= 11 is 0. The second-order valence-electron chi connectivity index (χ2n) is 5.55. The first-order valence-electron chi connectivity index (χ1n) is 7.08. The Morgan fingerprint density at radius 3 is 2.62 bits per heavy atom. The van der Waals surface area contributed by atoms with Crippen LogP contribution in [0.2, 0.25) is 0 Å². The highest BCUT2D eigenvalue weighted by atomic mass is 16.4. The topological polar surface area (TPSA) is 108 Å². The van der Waals surface area contributed by atoms with Gasteiger partial charge in [-0.25, -0.2) is 4.79 Å². The Morgan fingerprint density at radius 2 is 2.00 bits per heavy atom. The predicted molar refractivity (Wildman–Crippen MR) is 75.0 cm³/mol. The lowest BCUT2D eigenvalue weighted by atomic mass is 9.85. The molecule has 2 aromatic rings. The van der Waals surface area contributed by atoms with Crippen LogP contribution in [-0.4, -0.2) is 30.8 Å². The molecule has 112 valence electrons. The van der Waals surface area contributed by atoms with Crippen molar-refractivity contribution in [2.45, 2.75) is 44.9 Å². The van der Waals surface area contributed by atoms with Gasteiger partial charge in [0.2, 0.25) is 5.88 Å². The number of carboxylic acid groups (broad SMARTS) is 1. The Kier molecular flexibility index (Phi) is 3.19. The van der Waals surface area contributed by atoms with Gasteiger partial charge in [-0.1, -0.05) is 19.3 Å². The first kappa shape index (κ1) is 13.7. The highest BCUT2D eigenvalue weighted by molar-refractivity contribution is 5.95. The van der Waals surface area contributed by atoms with Gasteiger partial charge in [-0.2, -0.15) is 9.61 Å². The molecule has 21 heavy (non-hydrogen) atoms. The van der Waals surface area contributed by atoms with Crippen LogP contribution >= 0.6 is 0 Å². The maximum atomic E-state index is 12.3. The van der Waals surface area contributed by atoms with E-state index in [1.54, 1.807) is 0 Å². The van der Waals surface area contributed by atoms with Gasteiger partial charge in [0.05, 0.1) is 11.3 Å². The number of aromatic carboxylic acids is 1. The second-order valence-corrected chi connectivity index (χ2v) is 5.55. The van der Waals surface area contributed by atoms with Gasteiger partial charge in [-0.05, 0) is 25.7 Å². The maximum absolute atomic E-state index is 12.3. The van der Waals surface area contributed by atoms with E-state index in [1.165, 1.54) is 6.92 Å². The molecule has 2 aromatic heterocycles. The largest absolute Gasteiger partial charge is 0.493 e. The normalized spacial score (nSPS) is 16.4. The van der Waals surface area contributed by atoms with Crippen LogP contribution in [-0.2, 0) is 0 Å². The number of hydrogen-bond acceptors (Lipinski definition) is 4. The molecule has 0 spiro atoms. The SMILES string of the molecule is Cc1nn2c(O)c(C3CCCCC3)c(=O)[nH]c2c1C(=O)O. The third-order valence-electron chi connectivity index (χ3n) is 4.21. The van der Waals surface area contributed by atoms with Crippen LogP contribution in [0.15, 0.2) is 4.79 Å². The molecule has 0 aromatic carbocycles. The van der Waals surface area contributed by atoms with Gasteiger partial charge in [0.15, 0.2) is 5.65 Å². The summed E-state index contributed by atoms with van der Waals surface area (Å²) in [6.45, 7) is 1.54. The van der Waals surface area contributed by atoms with Gasteiger partial charge in [-0.3, -0.25) is 4.79 Å². The smallest absolute Gasteiger partial charge is 0.341 e. The van der Waals surface area contributed by atoms with E-state index in [2.05, 4.69) is 10.1 Å². The van der Waals surface area contributed by atoms with Crippen molar-refractivity contribution >= 4 is 11.6 Å². The highest BCUT2D eigenvalue weighted by Gasteiger charge is 2.27. The van der Waals surface area contributed by atoms with Crippen LogP contribution in [0.25, 0.3) is 5.65 Å². The molecule has 2 heterocycles. The number of aromatic amines is 1. The Balaban J connectivity index is 2.24. The van der Waals surface area contributed by atoms with E-state index in [0.717, 1.165) is 36.6 Å².